The van der Waals surface area contributed by atoms with Gasteiger partial charge in [0.15, 0.2) is 6.61 Å². The number of carboxylic acids is 1. The maximum atomic E-state index is 10.4. The highest BCUT2D eigenvalue weighted by Crippen LogP contribution is 2.19. The van der Waals surface area contributed by atoms with Crippen LogP contribution in [0, 0.1) is 0 Å². The summed E-state index contributed by atoms with van der Waals surface area (Å²) in [5.74, 6) is -0.503. The molecule has 1 aromatic carbocycles. The van der Waals surface area contributed by atoms with Crippen LogP contribution >= 0.6 is 0 Å². The van der Waals surface area contributed by atoms with Gasteiger partial charge in [-0.25, -0.2) is 4.79 Å². The Bertz CT molecular complexity index is 479. The van der Waals surface area contributed by atoms with E-state index in [1.54, 1.807) is 12.1 Å². The van der Waals surface area contributed by atoms with Crippen LogP contribution in [-0.4, -0.2) is 24.2 Å². The van der Waals surface area contributed by atoms with E-state index in [-0.39, 0.29) is 6.61 Å². The van der Waals surface area contributed by atoms with Crippen molar-refractivity contribution in [1.29, 1.82) is 0 Å². The van der Waals surface area contributed by atoms with Crippen molar-refractivity contribution in [1.82, 2.24) is 0 Å². The lowest BCUT2D eigenvalue weighted by Crippen LogP contribution is -2.09. The van der Waals surface area contributed by atoms with E-state index in [9.17, 15) is 4.79 Å². The lowest BCUT2D eigenvalue weighted by atomic mass is 10.2. The van der Waals surface area contributed by atoms with Gasteiger partial charge >= 0.3 is 5.97 Å². The average molecular weight is 247 g/mol. The van der Waals surface area contributed by atoms with Gasteiger partial charge in [0.1, 0.15) is 5.75 Å². The summed E-state index contributed by atoms with van der Waals surface area (Å²) in [4.78, 5) is 13.1. The second-order valence-electron chi connectivity index (χ2n) is 3.37. The molecule has 6 nitrogen and oxygen atoms in total. The Labute approximate surface area is 104 Å². The van der Waals surface area contributed by atoms with E-state index in [0.717, 1.165) is 5.56 Å². The smallest absolute Gasteiger partial charge is 0.341 e. The maximum Gasteiger partial charge on any atom is 0.341 e. The molecule has 0 saturated carbocycles. The summed E-state index contributed by atoms with van der Waals surface area (Å²) in [6.45, 7) is 0.0225. The number of para-hydroxylation sites is 1. The van der Waals surface area contributed by atoms with Gasteiger partial charge in [0.05, 0.1) is 0 Å². The first-order chi connectivity index (χ1) is 8.74. The zero-order chi connectivity index (χ0) is 13.2. The summed E-state index contributed by atoms with van der Waals surface area (Å²) in [5, 5.41) is 12.0. The Morgan fingerprint density at radius 3 is 3.00 bits per heavy atom. The first-order valence-corrected chi connectivity index (χ1v) is 5.35. The van der Waals surface area contributed by atoms with Crippen LogP contribution in [0.4, 0.5) is 0 Å². The standard InChI is InChI=1S/C12H13N3O3/c13-15-14-8-4-3-6-10-5-1-2-7-11(10)18-9-12(16)17/h1-3,5-7H,4,8-9H2,(H,16,17). The fourth-order valence-corrected chi connectivity index (χ4v) is 1.28. The van der Waals surface area contributed by atoms with Gasteiger partial charge in [-0.15, -0.1) is 0 Å². The van der Waals surface area contributed by atoms with Gasteiger partial charge in [-0.05, 0) is 18.0 Å². The number of ether oxygens (including phenoxy) is 1. The minimum atomic E-state index is -1.02. The molecule has 0 aliphatic carbocycles. The van der Waals surface area contributed by atoms with Crippen molar-refractivity contribution in [3.8, 4) is 5.75 Å². The normalized spacial score (nSPS) is 10.0. The molecule has 0 radical (unpaired) electrons. The van der Waals surface area contributed by atoms with Crippen molar-refractivity contribution in [2.75, 3.05) is 13.2 Å². The van der Waals surface area contributed by atoms with Crippen molar-refractivity contribution >= 4 is 12.0 Å². The Hall–Kier alpha value is -2.46. The Morgan fingerprint density at radius 2 is 2.28 bits per heavy atom. The summed E-state index contributed by atoms with van der Waals surface area (Å²) in [5.41, 5.74) is 8.90. The van der Waals surface area contributed by atoms with Gasteiger partial charge in [0, 0.05) is 17.0 Å². The number of nitrogens with zero attached hydrogens (tertiary/aromatic N) is 3. The zero-order valence-electron chi connectivity index (χ0n) is 9.69. The molecule has 0 amide bonds. The highest BCUT2D eigenvalue weighted by molar-refractivity contribution is 5.69. The molecule has 0 aromatic heterocycles. The van der Waals surface area contributed by atoms with Crippen molar-refractivity contribution in [3.63, 3.8) is 0 Å². The van der Waals surface area contributed by atoms with E-state index < -0.39 is 5.97 Å². The Balaban J connectivity index is 2.63. The van der Waals surface area contributed by atoms with Gasteiger partial charge in [0.2, 0.25) is 0 Å². The monoisotopic (exact) mass is 247 g/mol. The van der Waals surface area contributed by atoms with Gasteiger partial charge in [0.25, 0.3) is 0 Å². The van der Waals surface area contributed by atoms with Crippen LogP contribution in [0.15, 0.2) is 35.5 Å². The molecule has 0 fully saturated rings. The molecular weight excluding hydrogens is 234 g/mol. The number of carbonyl (C=O) groups is 1. The molecule has 18 heavy (non-hydrogen) atoms. The van der Waals surface area contributed by atoms with Gasteiger partial charge in [-0.2, -0.15) is 0 Å². The second-order valence-corrected chi connectivity index (χ2v) is 3.37. The number of hydrogen-bond donors (Lipinski definition) is 1. The summed E-state index contributed by atoms with van der Waals surface area (Å²) in [6.07, 6.45) is 4.28. The molecule has 1 rings (SSSR count). The van der Waals surface area contributed by atoms with Crippen LogP contribution in [0.1, 0.15) is 12.0 Å². The molecule has 0 unspecified atom stereocenters. The molecule has 1 aromatic rings. The number of hydrogen-bond acceptors (Lipinski definition) is 3. The number of azide groups is 1. The topological polar surface area (TPSA) is 95.3 Å². The molecule has 0 saturated heterocycles. The lowest BCUT2D eigenvalue weighted by molar-refractivity contribution is -0.139. The van der Waals surface area contributed by atoms with Crippen LogP contribution in [0.3, 0.4) is 0 Å². The molecule has 6 heteroatoms. The van der Waals surface area contributed by atoms with Crippen molar-refractivity contribution in [2.24, 2.45) is 5.11 Å². The number of aliphatic carboxylic acids is 1. The van der Waals surface area contributed by atoms with E-state index >= 15 is 0 Å². The van der Waals surface area contributed by atoms with Crippen LogP contribution in [0.2, 0.25) is 0 Å². The molecule has 0 spiro atoms. The van der Waals surface area contributed by atoms with E-state index in [1.165, 1.54) is 0 Å². The number of benzene rings is 1. The van der Waals surface area contributed by atoms with Crippen LogP contribution < -0.4 is 4.74 Å². The SMILES string of the molecule is [N-]=[N+]=NCCC=Cc1ccccc1OCC(=O)O. The second kappa shape index (κ2) is 7.76. The van der Waals surface area contributed by atoms with E-state index in [1.807, 2.05) is 24.3 Å². The molecule has 1 N–H and O–H groups in total. The van der Waals surface area contributed by atoms with Crippen molar-refractivity contribution in [2.45, 2.75) is 6.42 Å². The Morgan fingerprint density at radius 1 is 1.50 bits per heavy atom. The summed E-state index contributed by atoms with van der Waals surface area (Å²) in [7, 11) is 0. The molecule has 0 aliphatic rings. The highest BCUT2D eigenvalue weighted by Gasteiger charge is 2.02. The average Bonchev–Trinajstić information content (AvgIpc) is 2.37. The quantitative estimate of drug-likeness (QED) is 0.347. The van der Waals surface area contributed by atoms with E-state index in [0.29, 0.717) is 18.7 Å². The third kappa shape index (κ3) is 5.05. The Kier molecular flexibility index (Phi) is 5.86. The van der Waals surface area contributed by atoms with E-state index in [4.69, 9.17) is 15.4 Å². The third-order valence-electron chi connectivity index (χ3n) is 2.03. The van der Waals surface area contributed by atoms with Gasteiger partial charge < -0.3 is 9.84 Å². The summed E-state index contributed by atoms with van der Waals surface area (Å²) in [6, 6.07) is 7.13. The minimum Gasteiger partial charge on any atom is -0.481 e. The van der Waals surface area contributed by atoms with Crippen molar-refractivity contribution in [3.05, 3.63) is 46.3 Å². The highest BCUT2D eigenvalue weighted by atomic mass is 16.5. The van der Waals surface area contributed by atoms with Crippen molar-refractivity contribution < 1.29 is 14.6 Å². The predicted octanol–water partition coefficient (Wildman–Crippen LogP) is 2.86. The molecule has 94 valence electrons. The maximum absolute atomic E-state index is 10.4. The largest absolute Gasteiger partial charge is 0.481 e. The first-order valence-electron chi connectivity index (χ1n) is 5.35. The molecular formula is C12H13N3O3. The molecule has 0 bridgehead atoms. The fraction of sp³-hybridized carbons (Fsp3) is 0.250. The number of carboxylic acid groups (broad SMARTS) is 1. The summed E-state index contributed by atoms with van der Waals surface area (Å²) < 4.78 is 5.14. The van der Waals surface area contributed by atoms with Gasteiger partial charge in [-0.3, -0.25) is 0 Å². The van der Waals surface area contributed by atoms with Crippen LogP contribution in [0.25, 0.3) is 16.5 Å². The first kappa shape index (κ1) is 13.6. The lowest BCUT2D eigenvalue weighted by Gasteiger charge is -2.06. The number of rotatable bonds is 7. The van der Waals surface area contributed by atoms with E-state index in [2.05, 4.69) is 10.0 Å². The zero-order valence-corrected chi connectivity index (χ0v) is 9.69. The molecule has 0 aliphatic heterocycles. The van der Waals surface area contributed by atoms with Crippen LogP contribution in [-0.2, 0) is 4.79 Å². The third-order valence-corrected chi connectivity index (χ3v) is 2.03. The fourth-order valence-electron chi connectivity index (χ4n) is 1.28. The molecule has 0 atom stereocenters. The summed E-state index contributed by atoms with van der Waals surface area (Å²) >= 11 is 0. The van der Waals surface area contributed by atoms with Crippen LogP contribution in [0.5, 0.6) is 5.75 Å². The predicted molar refractivity (Wildman–Crippen MR) is 67.2 cm³/mol. The molecule has 0 heterocycles. The minimum absolute atomic E-state index is 0.371. The van der Waals surface area contributed by atoms with Gasteiger partial charge in [-0.1, -0.05) is 35.5 Å².